The molecule has 1 aromatic heterocycles. The number of carbonyl (C=O) groups is 1. The predicted octanol–water partition coefficient (Wildman–Crippen LogP) is 2.48. The van der Waals surface area contributed by atoms with Crippen molar-refractivity contribution in [2.24, 2.45) is 5.73 Å². The Hall–Kier alpha value is -2.07. The predicted molar refractivity (Wildman–Crippen MR) is 86.0 cm³/mol. The molecule has 0 aliphatic heterocycles. The Bertz CT molecular complexity index is 658. The first-order valence-electron chi connectivity index (χ1n) is 7.21. The molecule has 0 aliphatic rings. The van der Waals surface area contributed by atoms with Gasteiger partial charge in [0.2, 0.25) is 0 Å². The van der Waals surface area contributed by atoms with Crippen molar-refractivity contribution in [2.45, 2.75) is 33.7 Å². The number of benzene rings is 1. The van der Waals surface area contributed by atoms with Gasteiger partial charge in [-0.1, -0.05) is 12.1 Å². The number of nitrogens with zero attached hydrogens (tertiary/aromatic N) is 1. The maximum Gasteiger partial charge on any atom is 0.253 e. The highest BCUT2D eigenvalue weighted by Gasteiger charge is 2.17. The molecule has 0 aliphatic carbocycles. The molecule has 0 unspecified atom stereocenters. The van der Waals surface area contributed by atoms with Crippen LogP contribution >= 0.6 is 0 Å². The summed E-state index contributed by atoms with van der Waals surface area (Å²) >= 11 is 0. The van der Waals surface area contributed by atoms with E-state index in [0.29, 0.717) is 12.1 Å². The van der Waals surface area contributed by atoms with Gasteiger partial charge >= 0.3 is 0 Å². The number of nitrogens with two attached hydrogens (primary N) is 1. The van der Waals surface area contributed by atoms with Crippen LogP contribution in [0.25, 0.3) is 5.69 Å². The monoisotopic (exact) mass is 285 g/mol. The summed E-state index contributed by atoms with van der Waals surface area (Å²) in [5, 5.41) is 2.91. The van der Waals surface area contributed by atoms with Crippen LogP contribution in [0.2, 0.25) is 0 Å². The van der Waals surface area contributed by atoms with Gasteiger partial charge in [-0.3, -0.25) is 4.79 Å². The highest BCUT2D eigenvalue weighted by Crippen LogP contribution is 2.21. The van der Waals surface area contributed by atoms with Crippen molar-refractivity contribution in [2.75, 3.05) is 6.54 Å². The van der Waals surface area contributed by atoms with E-state index in [0.717, 1.165) is 17.1 Å². The summed E-state index contributed by atoms with van der Waals surface area (Å²) in [5.74, 6) is -0.0695. The third-order valence-corrected chi connectivity index (χ3v) is 3.67. The second-order valence-electron chi connectivity index (χ2n) is 5.57. The summed E-state index contributed by atoms with van der Waals surface area (Å²) in [7, 11) is 0. The SMILES string of the molecule is Cc1cccc(-n2c(C)cc(C(=O)N[C@@H](C)CN)c2C)c1. The fourth-order valence-corrected chi connectivity index (χ4v) is 2.52. The molecule has 1 amide bonds. The molecule has 2 aromatic rings. The molecule has 4 nitrogen and oxygen atoms in total. The van der Waals surface area contributed by atoms with E-state index in [1.807, 2.05) is 32.9 Å². The van der Waals surface area contributed by atoms with E-state index in [1.54, 1.807) is 0 Å². The Morgan fingerprint density at radius 1 is 1.29 bits per heavy atom. The molecule has 3 N–H and O–H groups in total. The van der Waals surface area contributed by atoms with Crippen LogP contribution in [0.4, 0.5) is 0 Å². The first kappa shape index (κ1) is 15.3. The highest BCUT2D eigenvalue weighted by atomic mass is 16.1. The van der Waals surface area contributed by atoms with Crippen molar-refractivity contribution in [3.8, 4) is 5.69 Å². The lowest BCUT2D eigenvalue weighted by Crippen LogP contribution is -2.37. The largest absolute Gasteiger partial charge is 0.348 e. The standard InChI is InChI=1S/C17H23N3O/c1-11-6-5-7-15(8-11)20-13(3)9-16(14(20)4)17(21)19-12(2)10-18/h5-9,12H,10,18H2,1-4H3,(H,19,21)/t12-/m0/s1. The lowest BCUT2D eigenvalue weighted by Gasteiger charge is -2.12. The van der Waals surface area contributed by atoms with Crippen molar-refractivity contribution in [3.63, 3.8) is 0 Å². The second-order valence-corrected chi connectivity index (χ2v) is 5.57. The van der Waals surface area contributed by atoms with E-state index in [-0.39, 0.29) is 11.9 Å². The topological polar surface area (TPSA) is 60.0 Å². The van der Waals surface area contributed by atoms with Crippen LogP contribution in [0.1, 0.15) is 34.2 Å². The smallest absolute Gasteiger partial charge is 0.253 e. The summed E-state index contributed by atoms with van der Waals surface area (Å²) in [6.45, 7) is 8.38. The summed E-state index contributed by atoms with van der Waals surface area (Å²) in [6.07, 6.45) is 0. The zero-order valence-electron chi connectivity index (χ0n) is 13.1. The van der Waals surface area contributed by atoms with Gasteiger partial charge in [0.15, 0.2) is 0 Å². The van der Waals surface area contributed by atoms with Crippen LogP contribution in [0.5, 0.6) is 0 Å². The van der Waals surface area contributed by atoms with E-state index in [1.165, 1.54) is 5.56 Å². The molecule has 0 spiro atoms. The molecule has 21 heavy (non-hydrogen) atoms. The minimum Gasteiger partial charge on any atom is -0.348 e. The zero-order valence-corrected chi connectivity index (χ0v) is 13.1. The number of aryl methyl sites for hydroxylation is 2. The summed E-state index contributed by atoms with van der Waals surface area (Å²) in [5.41, 5.74) is 10.5. The molecule has 1 heterocycles. The maximum atomic E-state index is 12.3. The summed E-state index contributed by atoms with van der Waals surface area (Å²) in [6, 6.07) is 10.2. The van der Waals surface area contributed by atoms with E-state index in [9.17, 15) is 4.79 Å². The number of carbonyl (C=O) groups excluding carboxylic acids is 1. The van der Waals surface area contributed by atoms with Crippen molar-refractivity contribution in [3.05, 3.63) is 52.8 Å². The first-order valence-corrected chi connectivity index (χ1v) is 7.21. The van der Waals surface area contributed by atoms with Crippen LogP contribution in [0, 0.1) is 20.8 Å². The van der Waals surface area contributed by atoms with Crippen LogP contribution in [0.3, 0.4) is 0 Å². The molecular formula is C17H23N3O. The quantitative estimate of drug-likeness (QED) is 0.906. The third kappa shape index (κ3) is 3.16. The minimum absolute atomic E-state index is 0.0282. The summed E-state index contributed by atoms with van der Waals surface area (Å²) in [4.78, 5) is 12.3. The van der Waals surface area contributed by atoms with Crippen LogP contribution in [-0.4, -0.2) is 23.1 Å². The van der Waals surface area contributed by atoms with Gasteiger partial charge in [-0.25, -0.2) is 0 Å². The summed E-state index contributed by atoms with van der Waals surface area (Å²) < 4.78 is 2.11. The first-order chi connectivity index (χ1) is 9.93. The van der Waals surface area contributed by atoms with Gasteiger partial charge in [0.05, 0.1) is 5.56 Å². The molecule has 0 radical (unpaired) electrons. The van der Waals surface area contributed by atoms with Crippen molar-refractivity contribution >= 4 is 5.91 Å². The number of hydrogen-bond donors (Lipinski definition) is 2. The van der Waals surface area contributed by atoms with Crippen molar-refractivity contribution < 1.29 is 4.79 Å². The molecule has 1 atom stereocenters. The number of rotatable bonds is 4. The fraction of sp³-hybridized carbons (Fsp3) is 0.353. The normalized spacial score (nSPS) is 12.2. The molecule has 0 saturated heterocycles. The fourth-order valence-electron chi connectivity index (χ4n) is 2.52. The number of amides is 1. The highest BCUT2D eigenvalue weighted by molar-refractivity contribution is 5.96. The second kappa shape index (κ2) is 6.14. The molecule has 2 rings (SSSR count). The van der Waals surface area contributed by atoms with Crippen molar-refractivity contribution in [1.82, 2.24) is 9.88 Å². The van der Waals surface area contributed by atoms with Crippen LogP contribution < -0.4 is 11.1 Å². The van der Waals surface area contributed by atoms with Gasteiger partial charge in [0.25, 0.3) is 5.91 Å². The maximum absolute atomic E-state index is 12.3. The lowest BCUT2D eigenvalue weighted by atomic mass is 10.2. The average molecular weight is 285 g/mol. The Morgan fingerprint density at radius 3 is 2.62 bits per heavy atom. The Labute approximate surface area is 126 Å². The van der Waals surface area contributed by atoms with Gasteiger partial charge < -0.3 is 15.6 Å². The van der Waals surface area contributed by atoms with Gasteiger partial charge in [-0.05, 0) is 51.5 Å². The third-order valence-electron chi connectivity index (χ3n) is 3.67. The lowest BCUT2D eigenvalue weighted by molar-refractivity contribution is 0.0940. The number of aromatic nitrogens is 1. The van der Waals surface area contributed by atoms with Crippen molar-refractivity contribution in [1.29, 1.82) is 0 Å². The molecule has 0 fully saturated rings. The molecular weight excluding hydrogens is 262 g/mol. The van der Waals surface area contributed by atoms with Gasteiger partial charge in [-0.2, -0.15) is 0 Å². The van der Waals surface area contributed by atoms with E-state index in [2.05, 4.69) is 35.0 Å². The van der Waals surface area contributed by atoms with E-state index < -0.39 is 0 Å². The van der Waals surface area contributed by atoms with E-state index >= 15 is 0 Å². The van der Waals surface area contributed by atoms with Gasteiger partial charge in [0, 0.05) is 29.7 Å². The van der Waals surface area contributed by atoms with Gasteiger partial charge in [0.1, 0.15) is 0 Å². The average Bonchev–Trinajstić information content (AvgIpc) is 2.74. The molecule has 1 aromatic carbocycles. The zero-order chi connectivity index (χ0) is 15.6. The molecule has 0 saturated carbocycles. The molecule has 0 bridgehead atoms. The Morgan fingerprint density at radius 2 is 2.00 bits per heavy atom. The number of hydrogen-bond acceptors (Lipinski definition) is 2. The Balaban J connectivity index is 2.40. The Kier molecular flexibility index (Phi) is 4.48. The van der Waals surface area contributed by atoms with Crippen LogP contribution in [-0.2, 0) is 0 Å². The molecule has 4 heteroatoms. The van der Waals surface area contributed by atoms with Gasteiger partial charge in [-0.15, -0.1) is 0 Å². The van der Waals surface area contributed by atoms with Crippen LogP contribution in [0.15, 0.2) is 30.3 Å². The van der Waals surface area contributed by atoms with E-state index in [4.69, 9.17) is 5.73 Å². The molecule has 112 valence electrons. The minimum atomic E-state index is -0.0695. The number of nitrogens with one attached hydrogen (secondary N) is 1.